The molecule has 3 aromatic heterocycles. The summed E-state index contributed by atoms with van der Waals surface area (Å²) in [6.45, 7) is 0. The number of hydrogen-bond acceptors (Lipinski definition) is 6. The molecule has 0 amide bonds. The number of hydrogen-bond donors (Lipinski definition) is 0. The molecule has 0 radical (unpaired) electrons. The molecule has 1 aromatic carbocycles. The zero-order valence-corrected chi connectivity index (χ0v) is 13.0. The standard InChI is InChI=1S/C15H10ClFN6O/c16-11-4-5-12-19-20-13(23(12)21-11)6-7-14-18-15(22-24-14)9-2-1-3-10(17)8-9/h1-5,8H,6-7H2. The number of aromatic nitrogens is 6. The molecule has 0 atom stereocenters. The monoisotopic (exact) mass is 344 g/mol. The molecule has 0 saturated heterocycles. The van der Waals surface area contributed by atoms with Gasteiger partial charge in [0.1, 0.15) is 11.0 Å². The van der Waals surface area contributed by atoms with Crippen LogP contribution in [-0.4, -0.2) is 30.0 Å². The Labute approximate surface area is 140 Å². The number of aryl methyl sites for hydroxylation is 2. The molecule has 0 N–H and O–H groups in total. The smallest absolute Gasteiger partial charge is 0.227 e. The van der Waals surface area contributed by atoms with Crippen molar-refractivity contribution >= 4 is 17.2 Å². The fourth-order valence-corrected chi connectivity index (χ4v) is 2.43. The zero-order valence-electron chi connectivity index (χ0n) is 12.2. The molecule has 120 valence electrons. The third-order valence-electron chi connectivity index (χ3n) is 3.41. The van der Waals surface area contributed by atoms with Crippen molar-refractivity contribution in [1.29, 1.82) is 0 Å². The van der Waals surface area contributed by atoms with E-state index in [1.807, 2.05) is 0 Å². The van der Waals surface area contributed by atoms with Gasteiger partial charge in [0.2, 0.25) is 11.7 Å². The van der Waals surface area contributed by atoms with Crippen LogP contribution >= 0.6 is 11.6 Å². The molecule has 0 fully saturated rings. The van der Waals surface area contributed by atoms with Crippen LogP contribution in [0.2, 0.25) is 5.15 Å². The Morgan fingerprint density at radius 2 is 2.04 bits per heavy atom. The van der Waals surface area contributed by atoms with Crippen molar-refractivity contribution in [3.63, 3.8) is 0 Å². The van der Waals surface area contributed by atoms with Gasteiger partial charge in [-0.2, -0.15) is 14.6 Å². The summed E-state index contributed by atoms with van der Waals surface area (Å²) in [6.07, 6.45) is 0.955. The average Bonchev–Trinajstić information content (AvgIpc) is 3.19. The summed E-state index contributed by atoms with van der Waals surface area (Å²) in [7, 11) is 0. The highest BCUT2D eigenvalue weighted by Gasteiger charge is 2.12. The molecule has 0 bridgehead atoms. The van der Waals surface area contributed by atoms with Crippen LogP contribution < -0.4 is 0 Å². The lowest BCUT2D eigenvalue weighted by Gasteiger charge is -1.97. The first-order chi connectivity index (χ1) is 11.7. The van der Waals surface area contributed by atoms with E-state index in [-0.39, 0.29) is 5.82 Å². The minimum Gasteiger partial charge on any atom is -0.339 e. The summed E-state index contributed by atoms with van der Waals surface area (Å²) < 4.78 is 20.0. The van der Waals surface area contributed by atoms with E-state index in [2.05, 4.69) is 25.4 Å². The van der Waals surface area contributed by atoms with Crippen LogP contribution in [0.1, 0.15) is 11.7 Å². The largest absolute Gasteiger partial charge is 0.339 e. The van der Waals surface area contributed by atoms with Crippen molar-refractivity contribution in [2.24, 2.45) is 0 Å². The second-order valence-electron chi connectivity index (χ2n) is 5.06. The lowest BCUT2D eigenvalue weighted by atomic mass is 10.2. The van der Waals surface area contributed by atoms with Gasteiger partial charge in [-0.3, -0.25) is 0 Å². The van der Waals surface area contributed by atoms with Gasteiger partial charge in [0.05, 0.1) is 0 Å². The van der Waals surface area contributed by atoms with Gasteiger partial charge >= 0.3 is 0 Å². The Bertz CT molecular complexity index is 1010. The van der Waals surface area contributed by atoms with E-state index in [0.717, 1.165) is 0 Å². The highest BCUT2D eigenvalue weighted by atomic mass is 35.5. The summed E-state index contributed by atoms with van der Waals surface area (Å²) in [5.74, 6) is 1.06. The van der Waals surface area contributed by atoms with Gasteiger partial charge in [-0.1, -0.05) is 28.9 Å². The topological polar surface area (TPSA) is 82.0 Å². The minimum atomic E-state index is -0.350. The Kier molecular flexibility index (Phi) is 3.66. The van der Waals surface area contributed by atoms with Crippen molar-refractivity contribution in [3.05, 3.63) is 59.1 Å². The molecular formula is C15H10ClFN6O. The highest BCUT2D eigenvalue weighted by Crippen LogP contribution is 2.17. The van der Waals surface area contributed by atoms with Crippen molar-refractivity contribution in [2.75, 3.05) is 0 Å². The highest BCUT2D eigenvalue weighted by molar-refractivity contribution is 6.29. The van der Waals surface area contributed by atoms with Gasteiger partial charge in [-0.05, 0) is 24.3 Å². The van der Waals surface area contributed by atoms with Crippen molar-refractivity contribution < 1.29 is 8.91 Å². The molecule has 9 heteroatoms. The fraction of sp³-hybridized carbons (Fsp3) is 0.133. The summed E-state index contributed by atoms with van der Waals surface area (Å²) in [5.41, 5.74) is 1.17. The van der Waals surface area contributed by atoms with Gasteiger partial charge in [-0.15, -0.1) is 10.2 Å². The Hall–Kier alpha value is -2.87. The van der Waals surface area contributed by atoms with Gasteiger partial charge in [0, 0.05) is 18.4 Å². The predicted molar refractivity (Wildman–Crippen MR) is 82.9 cm³/mol. The van der Waals surface area contributed by atoms with E-state index in [0.29, 0.717) is 46.7 Å². The van der Waals surface area contributed by atoms with Crippen LogP contribution in [0.25, 0.3) is 17.0 Å². The van der Waals surface area contributed by atoms with Gasteiger partial charge in [-0.25, -0.2) is 4.39 Å². The molecule has 7 nitrogen and oxygen atoms in total. The van der Waals surface area contributed by atoms with E-state index in [4.69, 9.17) is 16.1 Å². The Morgan fingerprint density at radius 3 is 2.92 bits per heavy atom. The van der Waals surface area contributed by atoms with Crippen LogP contribution in [0.15, 0.2) is 40.9 Å². The second kappa shape index (κ2) is 5.97. The molecule has 3 heterocycles. The van der Waals surface area contributed by atoms with Crippen molar-refractivity contribution in [3.8, 4) is 11.4 Å². The van der Waals surface area contributed by atoms with Crippen LogP contribution in [-0.2, 0) is 12.8 Å². The molecule has 0 unspecified atom stereocenters. The molecule has 0 aliphatic heterocycles. The quantitative estimate of drug-likeness (QED) is 0.566. The maximum atomic E-state index is 13.3. The predicted octanol–water partition coefficient (Wildman–Crippen LogP) is 2.75. The van der Waals surface area contributed by atoms with Crippen molar-refractivity contribution in [1.82, 2.24) is 30.0 Å². The summed E-state index contributed by atoms with van der Waals surface area (Å²) in [5, 5.41) is 16.5. The zero-order chi connectivity index (χ0) is 16.5. The number of nitrogens with zero attached hydrogens (tertiary/aromatic N) is 6. The molecule has 0 saturated carbocycles. The van der Waals surface area contributed by atoms with Gasteiger partial charge in [0.15, 0.2) is 11.5 Å². The third-order valence-corrected chi connectivity index (χ3v) is 3.61. The lowest BCUT2D eigenvalue weighted by molar-refractivity contribution is 0.377. The van der Waals surface area contributed by atoms with E-state index in [1.165, 1.54) is 12.1 Å². The van der Waals surface area contributed by atoms with Crippen LogP contribution in [0.4, 0.5) is 4.39 Å². The summed E-state index contributed by atoms with van der Waals surface area (Å²) in [4.78, 5) is 4.27. The van der Waals surface area contributed by atoms with Crippen molar-refractivity contribution in [2.45, 2.75) is 12.8 Å². The molecule has 4 aromatic rings. The molecule has 0 spiro atoms. The molecule has 0 aliphatic rings. The van der Waals surface area contributed by atoms with Crippen LogP contribution in [0.3, 0.4) is 0 Å². The molecule has 24 heavy (non-hydrogen) atoms. The number of halogens is 2. The van der Waals surface area contributed by atoms with E-state index < -0.39 is 0 Å². The number of fused-ring (bicyclic) bond motifs is 1. The molecular weight excluding hydrogens is 335 g/mol. The maximum absolute atomic E-state index is 13.3. The van der Waals surface area contributed by atoms with Gasteiger partial charge in [0.25, 0.3) is 0 Å². The minimum absolute atomic E-state index is 0.344. The number of rotatable bonds is 4. The second-order valence-corrected chi connectivity index (χ2v) is 5.45. The lowest BCUT2D eigenvalue weighted by Crippen LogP contribution is -2.01. The van der Waals surface area contributed by atoms with Crippen LogP contribution in [0.5, 0.6) is 0 Å². The third kappa shape index (κ3) is 2.83. The Morgan fingerprint density at radius 1 is 1.12 bits per heavy atom. The van der Waals surface area contributed by atoms with E-state index in [9.17, 15) is 4.39 Å². The normalized spacial score (nSPS) is 11.2. The van der Waals surface area contributed by atoms with Crippen LogP contribution in [0, 0.1) is 5.82 Å². The number of benzene rings is 1. The SMILES string of the molecule is Fc1cccc(-c2noc(CCc3nnc4ccc(Cl)nn34)n2)c1. The summed E-state index contributed by atoms with van der Waals surface area (Å²) in [6, 6.07) is 9.42. The average molecular weight is 345 g/mol. The first-order valence-corrected chi connectivity index (χ1v) is 7.52. The van der Waals surface area contributed by atoms with Gasteiger partial charge < -0.3 is 4.52 Å². The molecule has 0 aliphatic carbocycles. The molecule has 4 rings (SSSR count). The summed E-state index contributed by atoms with van der Waals surface area (Å²) >= 11 is 5.89. The Balaban J connectivity index is 1.53. The first-order valence-electron chi connectivity index (χ1n) is 7.14. The fourth-order valence-electron chi connectivity index (χ4n) is 2.29. The maximum Gasteiger partial charge on any atom is 0.227 e. The first kappa shape index (κ1) is 14.7. The van der Waals surface area contributed by atoms with E-state index >= 15 is 0 Å². The van der Waals surface area contributed by atoms with E-state index in [1.54, 1.807) is 28.8 Å².